The molecule has 0 N–H and O–H groups in total. The molecular weight excluding hydrogens is 332 g/mol. The highest BCUT2D eigenvalue weighted by Gasteiger charge is 2.30. The molecule has 0 aromatic carbocycles. The lowest BCUT2D eigenvalue weighted by atomic mass is 9.97. The van der Waals surface area contributed by atoms with E-state index in [0.29, 0.717) is 19.0 Å². The van der Waals surface area contributed by atoms with Crippen LogP contribution in [-0.4, -0.2) is 65.3 Å². The summed E-state index contributed by atoms with van der Waals surface area (Å²) in [5.41, 5.74) is -0.961. The van der Waals surface area contributed by atoms with E-state index >= 15 is 0 Å². The normalized spacial score (nSPS) is 19.3. The Labute approximate surface area is 159 Å². The van der Waals surface area contributed by atoms with Gasteiger partial charge in [-0.05, 0) is 80.7 Å². The quantitative estimate of drug-likeness (QED) is 0.691. The van der Waals surface area contributed by atoms with Crippen LogP contribution in [0.25, 0.3) is 0 Å². The summed E-state index contributed by atoms with van der Waals surface area (Å²) >= 11 is 0. The van der Waals surface area contributed by atoms with Gasteiger partial charge in [-0.3, -0.25) is 9.69 Å². The Morgan fingerprint density at radius 2 is 1.65 bits per heavy atom. The largest absolute Gasteiger partial charge is 0.459 e. The van der Waals surface area contributed by atoms with E-state index in [1.807, 2.05) is 55.4 Å². The number of carbonyl (C=O) groups is 2. The molecule has 0 aromatic rings. The summed E-state index contributed by atoms with van der Waals surface area (Å²) in [7, 11) is 0. The van der Waals surface area contributed by atoms with E-state index in [2.05, 4.69) is 4.90 Å². The first-order valence-corrected chi connectivity index (χ1v) is 9.70. The third-order valence-electron chi connectivity index (χ3n) is 4.08. The predicted molar refractivity (Wildman–Crippen MR) is 103 cm³/mol. The fraction of sp³-hybridized carbons (Fsp3) is 0.900. The molecule has 1 atom stereocenters. The van der Waals surface area contributed by atoms with Gasteiger partial charge in [-0.1, -0.05) is 0 Å². The van der Waals surface area contributed by atoms with Crippen molar-refractivity contribution >= 4 is 12.1 Å². The van der Waals surface area contributed by atoms with Crippen LogP contribution >= 0.6 is 0 Å². The molecule has 0 aliphatic carbocycles. The monoisotopic (exact) mass is 370 g/mol. The first-order valence-electron chi connectivity index (χ1n) is 9.70. The third-order valence-corrected chi connectivity index (χ3v) is 4.08. The van der Waals surface area contributed by atoms with Gasteiger partial charge >= 0.3 is 12.1 Å². The van der Waals surface area contributed by atoms with Gasteiger partial charge in [0.25, 0.3) is 0 Å². The van der Waals surface area contributed by atoms with Crippen LogP contribution in [0.3, 0.4) is 0 Å². The van der Waals surface area contributed by atoms with Gasteiger partial charge in [-0.2, -0.15) is 0 Å². The van der Waals surface area contributed by atoms with Crippen LogP contribution in [-0.2, 0) is 14.3 Å². The fourth-order valence-electron chi connectivity index (χ4n) is 3.10. The standard InChI is InChI=1S/C20H38N2O4/c1-15(2)22(18(24)26-20(6,7)8)13-16-10-9-11-21(12-16)14-17(23)25-19(3,4)5/h15-16H,9-14H2,1-8H3. The maximum absolute atomic E-state index is 12.5. The topological polar surface area (TPSA) is 59.1 Å². The number of nitrogens with zero attached hydrogens (tertiary/aromatic N) is 2. The number of hydrogen-bond donors (Lipinski definition) is 0. The van der Waals surface area contributed by atoms with E-state index in [1.165, 1.54) is 0 Å². The Morgan fingerprint density at radius 1 is 1.08 bits per heavy atom. The molecule has 0 aromatic heterocycles. The minimum Gasteiger partial charge on any atom is -0.459 e. The van der Waals surface area contributed by atoms with Crippen molar-refractivity contribution in [2.45, 2.75) is 85.5 Å². The highest BCUT2D eigenvalue weighted by atomic mass is 16.6. The molecule has 1 unspecified atom stereocenters. The van der Waals surface area contributed by atoms with Crippen molar-refractivity contribution < 1.29 is 19.1 Å². The van der Waals surface area contributed by atoms with Crippen molar-refractivity contribution in [2.75, 3.05) is 26.2 Å². The second kappa shape index (κ2) is 9.07. The molecule has 1 aliphatic heterocycles. The molecule has 0 bridgehead atoms. The number of likely N-dealkylation sites (tertiary alicyclic amines) is 1. The molecule has 1 amide bonds. The van der Waals surface area contributed by atoms with Crippen molar-refractivity contribution in [1.82, 2.24) is 9.80 Å². The summed E-state index contributed by atoms with van der Waals surface area (Å²) < 4.78 is 11.0. The highest BCUT2D eigenvalue weighted by molar-refractivity contribution is 5.72. The molecule has 1 rings (SSSR count). The van der Waals surface area contributed by atoms with Crippen LogP contribution in [0, 0.1) is 5.92 Å². The van der Waals surface area contributed by atoms with E-state index in [4.69, 9.17) is 9.47 Å². The van der Waals surface area contributed by atoms with Crippen molar-refractivity contribution in [2.24, 2.45) is 5.92 Å². The predicted octanol–water partition coefficient (Wildman–Crippen LogP) is 3.69. The first kappa shape index (κ1) is 22.7. The van der Waals surface area contributed by atoms with E-state index in [9.17, 15) is 9.59 Å². The first-order chi connectivity index (χ1) is 11.8. The van der Waals surface area contributed by atoms with Crippen molar-refractivity contribution in [1.29, 1.82) is 0 Å². The molecule has 152 valence electrons. The number of carbonyl (C=O) groups excluding carboxylic acids is 2. The average Bonchev–Trinajstić information content (AvgIpc) is 2.40. The van der Waals surface area contributed by atoms with Crippen molar-refractivity contribution in [3.8, 4) is 0 Å². The molecular formula is C20H38N2O4. The van der Waals surface area contributed by atoms with Gasteiger partial charge in [-0.25, -0.2) is 4.79 Å². The summed E-state index contributed by atoms with van der Waals surface area (Å²) in [6, 6.07) is 0.0751. The summed E-state index contributed by atoms with van der Waals surface area (Å²) in [6.45, 7) is 17.9. The molecule has 1 saturated heterocycles. The maximum Gasteiger partial charge on any atom is 0.410 e. The van der Waals surface area contributed by atoms with Gasteiger partial charge in [0.05, 0.1) is 6.54 Å². The molecule has 0 spiro atoms. The van der Waals surface area contributed by atoms with Gasteiger partial charge in [-0.15, -0.1) is 0 Å². The molecule has 1 aliphatic rings. The maximum atomic E-state index is 12.5. The highest BCUT2D eigenvalue weighted by Crippen LogP contribution is 2.21. The summed E-state index contributed by atoms with van der Waals surface area (Å²) in [5, 5.41) is 0. The SMILES string of the molecule is CC(C)N(CC1CCCN(CC(=O)OC(C)(C)C)C1)C(=O)OC(C)(C)C. The van der Waals surface area contributed by atoms with E-state index in [-0.39, 0.29) is 18.1 Å². The second-order valence-corrected chi connectivity index (χ2v) is 9.56. The zero-order valence-electron chi connectivity index (χ0n) is 17.9. The van der Waals surface area contributed by atoms with E-state index in [1.54, 1.807) is 4.90 Å². The smallest absolute Gasteiger partial charge is 0.410 e. The Kier molecular flexibility index (Phi) is 7.93. The second-order valence-electron chi connectivity index (χ2n) is 9.56. The molecule has 1 fully saturated rings. The lowest BCUT2D eigenvalue weighted by molar-refractivity contribution is -0.156. The fourth-order valence-corrected chi connectivity index (χ4v) is 3.10. The molecule has 6 heteroatoms. The molecule has 0 saturated carbocycles. The molecule has 0 radical (unpaired) electrons. The summed E-state index contributed by atoms with van der Waals surface area (Å²) in [5.74, 6) is 0.145. The molecule has 1 heterocycles. The number of rotatable bonds is 5. The average molecular weight is 371 g/mol. The van der Waals surface area contributed by atoms with Crippen molar-refractivity contribution in [3.63, 3.8) is 0 Å². The minimum absolute atomic E-state index is 0.0751. The van der Waals surface area contributed by atoms with Crippen LogP contribution in [0.5, 0.6) is 0 Å². The Morgan fingerprint density at radius 3 is 2.15 bits per heavy atom. The van der Waals surface area contributed by atoms with Gasteiger partial charge in [0.15, 0.2) is 0 Å². The van der Waals surface area contributed by atoms with E-state index < -0.39 is 11.2 Å². The number of piperidine rings is 1. The van der Waals surface area contributed by atoms with Gasteiger partial charge in [0.2, 0.25) is 0 Å². The van der Waals surface area contributed by atoms with Gasteiger partial charge in [0, 0.05) is 19.1 Å². The van der Waals surface area contributed by atoms with Crippen LogP contribution in [0.2, 0.25) is 0 Å². The Bertz CT molecular complexity index is 477. The van der Waals surface area contributed by atoms with Gasteiger partial charge in [0.1, 0.15) is 11.2 Å². The lowest BCUT2D eigenvalue weighted by Crippen LogP contribution is -2.48. The molecule has 6 nitrogen and oxygen atoms in total. The molecule has 26 heavy (non-hydrogen) atoms. The Hall–Kier alpha value is -1.30. The van der Waals surface area contributed by atoms with E-state index in [0.717, 1.165) is 25.9 Å². The number of ether oxygens (including phenoxy) is 2. The van der Waals surface area contributed by atoms with Crippen LogP contribution in [0.4, 0.5) is 4.79 Å². The lowest BCUT2D eigenvalue weighted by Gasteiger charge is -2.37. The van der Waals surface area contributed by atoms with Crippen LogP contribution < -0.4 is 0 Å². The minimum atomic E-state index is -0.500. The summed E-state index contributed by atoms with van der Waals surface area (Å²) in [6.07, 6.45) is 1.81. The third kappa shape index (κ3) is 8.88. The number of esters is 1. The number of amides is 1. The zero-order valence-corrected chi connectivity index (χ0v) is 17.9. The van der Waals surface area contributed by atoms with Crippen LogP contribution in [0.15, 0.2) is 0 Å². The van der Waals surface area contributed by atoms with Crippen molar-refractivity contribution in [3.05, 3.63) is 0 Å². The number of hydrogen-bond acceptors (Lipinski definition) is 5. The zero-order chi connectivity index (χ0) is 20.1. The Balaban J connectivity index is 2.61. The summed E-state index contributed by atoms with van der Waals surface area (Å²) in [4.78, 5) is 28.5. The van der Waals surface area contributed by atoms with Gasteiger partial charge < -0.3 is 14.4 Å². The van der Waals surface area contributed by atoms with Crippen LogP contribution in [0.1, 0.15) is 68.2 Å².